The van der Waals surface area contributed by atoms with Crippen molar-refractivity contribution in [1.29, 1.82) is 5.41 Å². The van der Waals surface area contributed by atoms with E-state index in [9.17, 15) is 0 Å². The molecule has 0 saturated carbocycles. The molecule has 3 N–H and O–H groups in total. The first-order valence-electron chi connectivity index (χ1n) is 14.3. The first-order chi connectivity index (χ1) is 21.2. The quantitative estimate of drug-likeness (QED) is 0.121. The number of hydrogen-bond acceptors (Lipinski definition) is 2. The number of quaternary nitrogens is 1. The summed E-state index contributed by atoms with van der Waals surface area (Å²) in [5.41, 5.74) is 8.34. The Morgan fingerprint density at radius 3 is 1.98 bits per heavy atom. The minimum absolute atomic E-state index is 0.224. The van der Waals surface area contributed by atoms with Crippen molar-refractivity contribution in [2.45, 2.75) is 0 Å². The van der Waals surface area contributed by atoms with E-state index in [4.69, 9.17) is 10.4 Å². The lowest BCUT2D eigenvalue weighted by Gasteiger charge is -2.09. The second-order valence-corrected chi connectivity index (χ2v) is 11.7. The van der Waals surface area contributed by atoms with Crippen molar-refractivity contribution >= 4 is 65.0 Å². The van der Waals surface area contributed by atoms with Gasteiger partial charge in [0.15, 0.2) is 5.84 Å². The highest BCUT2D eigenvalue weighted by Gasteiger charge is 2.19. The number of rotatable bonds is 4. The van der Waals surface area contributed by atoms with Crippen LogP contribution >= 0.6 is 11.3 Å². The van der Waals surface area contributed by atoms with Crippen LogP contribution in [0.25, 0.3) is 53.1 Å². The number of para-hydroxylation sites is 1. The molecule has 204 valence electrons. The highest BCUT2D eigenvalue weighted by atomic mass is 32.1. The molecule has 0 fully saturated rings. The smallest absolute Gasteiger partial charge is 0.258 e. The van der Waals surface area contributed by atoms with Crippen molar-refractivity contribution in [3.8, 4) is 11.1 Å². The zero-order valence-corrected chi connectivity index (χ0v) is 24.1. The van der Waals surface area contributed by atoms with Gasteiger partial charge in [-0.3, -0.25) is 5.41 Å². The van der Waals surface area contributed by atoms with Gasteiger partial charge in [0.2, 0.25) is 0 Å². The first kappa shape index (κ1) is 25.4. The van der Waals surface area contributed by atoms with Gasteiger partial charge in [-0.1, -0.05) is 109 Å². The lowest BCUT2D eigenvalue weighted by molar-refractivity contribution is -0.592. The van der Waals surface area contributed by atoms with Crippen molar-refractivity contribution in [3.05, 3.63) is 157 Å². The zero-order valence-electron chi connectivity index (χ0n) is 23.2. The fraction of sp³-hybridized carbons (Fsp3) is 0. The van der Waals surface area contributed by atoms with Crippen LogP contribution in [0.2, 0.25) is 0 Å². The minimum Gasteiger partial charge on any atom is -0.282 e. The van der Waals surface area contributed by atoms with Gasteiger partial charge in [0, 0.05) is 36.5 Å². The van der Waals surface area contributed by atoms with Gasteiger partial charge in [0.1, 0.15) is 11.0 Å². The predicted octanol–water partition coefficient (Wildman–Crippen LogP) is 8.63. The maximum atomic E-state index is 8.99. The van der Waals surface area contributed by atoms with Crippen molar-refractivity contribution < 1.29 is 5.43 Å². The van der Waals surface area contributed by atoms with Gasteiger partial charge in [-0.25, -0.2) is 0 Å². The van der Waals surface area contributed by atoms with Crippen molar-refractivity contribution in [3.63, 3.8) is 0 Å². The molecule has 2 heterocycles. The monoisotopic (exact) mass is 571 g/mol. The number of aromatic nitrogens is 1. The number of nitrogens with two attached hydrogens (primary N) is 1. The van der Waals surface area contributed by atoms with Crippen LogP contribution in [0, 0.1) is 5.41 Å². The summed E-state index contributed by atoms with van der Waals surface area (Å²) < 4.78 is 4.80. The fourth-order valence-corrected chi connectivity index (χ4v) is 7.01. The van der Waals surface area contributed by atoms with E-state index in [2.05, 4.69) is 107 Å². The van der Waals surface area contributed by atoms with Gasteiger partial charge in [0.05, 0.1) is 5.56 Å². The van der Waals surface area contributed by atoms with Crippen LogP contribution in [0.3, 0.4) is 0 Å². The van der Waals surface area contributed by atoms with Gasteiger partial charge in [0.25, 0.3) is 5.84 Å². The SMILES string of the molecule is N=C(N=C([NH2+]n1c2ccccc2c2cc3c(cc21)sc1ccccc13)c1ccccc1)c1ccc(-c2ccccc2)cc1. The van der Waals surface area contributed by atoms with E-state index in [-0.39, 0.29) is 5.84 Å². The highest BCUT2D eigenvalue weighted by Crippen LogP contribution is 2.38. The second kappa shape index (κ2) is 10.5. The van der Waals surface area contributed by atoms with Gasteiger partial charge in [-0.05, 0) is 47.5 Å². The Morgan fingerprint density at radius 2 is 1.19 bits per heavy atom. The maximum absolute atomic E-state index is 8.99. The Bertz CT molecular complexity index is 2310. The molecule has 2 aromatic heterocycles. The summed E-state index contributed by atoms with van der Waals surface area (Å²) in [5.74, 6) is 0.958. The minimum atomic E-state index is 0.224. The van der Waals surface area contributed by atoms with Crippen LogP contribution in [0.4, 0.5) is 0 Å². The summed E-state index contributed by atoms with van der Waals surface area (Å²) in [6, 6.07) is 50.3. The Hall–Kier alpha value is -5.36. The van der Waals surface area contributed by atoms with Crippen molar-refractivity contribution in [2.75, 3.05) is 0 Å². The summed E-state index contributed by atoms with van der Waals surface area (Å²) in [4.78, 5) is 4.93. The number of nitrogens with one attached hydrogen (secondary N) is 1. The molecule has 0 aliphatic carbocycles. The Balaban J connectivity index is 1.25. The third kappa shape index (κ3) is 4.52. The van der Waals surface area contributed by atoms with Crippen LogP contribution in [-0.4, -0.2) is 16.3 Å². The van der Waals surface area contributed by atoms with Gasteiger partial charge >= 0.3 is 0 Å². The number of aliphatic imine (C=N–C) groups is 1. The maximum Gasteiger partial charge on any atom is 0.258 e. The molecule has 8 aromatic rings. The Morgan fingerprint density at radius 1 is 0.535 bits per heavy atom. The molecule has 4 nitrogen and oxygen atoms in total. The Kier molecular flexibility index (Phi) is 6.18. The van der Waals surface area contributed by atoms with E-state index in [1.807, 2.05) is 59.9 Å². The molecule has 0 spiro atoms. The highest BCUT2D eigenvalue weighted by molar-refractivity contribution is 7.25. The first-order valence-corrected chi connectivity index (χ1v) is 15.1. The molecule has 0 aliphatic rings. The molecular weight excluding hydrogens is 545 g/mol. The number of thiophene rings is 1. The van der Waals surface area contributed by atoms with Crippen LogP contribution in [0.15, 0.2) is 151 Å². The van der Waals surface area contributed by atoms with Crippen LogP contribution in [0.1, 0.15) is 11.1 Å². The van der Waals surface area contributed by atoms with E-state index in [1.165, 1.54) is 30.9 Å². The van der Waals surface area contributed by atoms with E-state index in [0.717, 1.165) is 39.1 Å². The second-order valence-electron chi connectivity index (χ2n) is 10.6. The van der Waals surface area contributed by atoms with Crippen LogP contribution in [-0.2, 0) is 0 Å². The van der Waals surface area contributed by atoms with E-state index in [0.29, 0.717) is 0 Å². The lowest BCUT2D eigenvalue weighted by Crippen LogP contribution is -2.91. The van der Waals surface area contributed by atoms with Crippen LogP contribution in [0.5, 0.6) is 0 Å². The molecule has 0 saturated heterocycles. The number of amidine groups is 2. The van der Waals surface area contributed by atoms with Crippen molar-refractivity contribution in [1.82, 2.24) is 4.68 Å². The lowest BCUT2D eigenvalue weighted by atomic mass is 10.0. The third-order valence-electron chi connectivity index (χ3n) is 8.03. The Labute approximate surface area is 252 Å². The molecule has 0 atom stereocenters. The predicted molar refractivity (Wildman–Crippen MR) is 181 cm³/mol. The third-order valence-corrected chi connectivity index (χ3v) is 9.16. The fourth-order valence-electron chi connectivity index (χ4n) is 5.89. The van der Waals surface area contributed by atoms with Crippen LogP contribution < -0.4 is 5.43 Å². The molecular formula is C38H27N4S+. The molecule has 43 heavy (non-hydrogen) atoms. The number of nitrogens with zero attached hydrogens (tertiary/aromatic N) is 2. The average Bonchev–Trinajstić information content (AvgIpc) is 3.59. The summed E-state index contributed by atoms with van der Waals surface area (Å²) in [7, 11) is 0. The molecule has 8 rings (SSSR count). The molecule has 5 heteroatoms. The molecule has 0 radical (unpaired) electrons. The zero-order chi connectivity index (χ0) is 28.8. The van der Waals surface area contributed by atoms with E-state index < -0.39 is 0 Å². The number of benzene rings is 6. The van der Waals surface area contributed by atoms with Gasteiger partial charge in [-0.15, -0.1) is 11.3 Å². The summed E-state index contributed by atoms with van der Waals surface area (Å²) in [6.07, 6.45) is 0. The van der Waals surface area contributed by atoms with E-state index >= 15 is 0 Å². The average molecular weight is 572 g/mol. The van der Waals surface area contributed by atoms with Gasteiger partial charge < -0.3 is 0 Å². The van der Waals surface area contributed by atoms with Gasteiger partial charge in [-0.2, -0.15) is 15.1 Å². The topological polar surface area (TPSA) is 57.8 Å². The standard InChI is InChI=1S/C38H26N4S/c39-37(27-21-19-26(20-22-27)25-11-3-1-4-12-25)40-38(28-13-5-2-6-14-28)41-42-33-17-9-7-15-29(33)31-23-32-30-16-8-10-18-35(30)43-36(32)24-34(31)42/h1-24H,(H2,39,40,41)/p+1. The molecule has 0 aliphatic heterocycles. The number of hydrogen-bond donors (Lipinski definition) is 2. The van der Waals surface area contributed by atoms with Crippen molar-refractivity contribution in [2.24, 2.45) is 4.99 Å². The van der Waals surface area contributed by atoms with E-state index in [1.54, 1.807) is 0 Å². The largest absolute Gasteiger partial charge is 0.282 e. The summed E-state index contributed by atoms with van der Waals surface area (Å²) >= 11 is 1.83. The summed E-state index contributed by atoms with van der Waals surface area (Å²) in [6.45, 7) is 0. The normalized spacial score (nSPS) is 12.0. The number of fused-ring (bicyclic) bond motifs is 6. The molecule has 0 unspecified atom stereocenters. The molecule has 0 bridgehead atoms. The summed E-state index contributed by atoms with van der Waals surface area (Å²) in [5, 5.41) is 14.0. The molecule has 6 aromatic carbocycles. The molecule has 0 amide bonds.